The van der Waals surface area contributed by atoms with E-state index in [9.17, 15) is 18.0 Å². The van der Waals surface area contributed by atoms with Gasteiger partial charge in [0.2, 0.25) is 0 Å². The number of alkyl halides is 3. The van der Waals surface area contributed by atoms with Crippen molar-refractivity contribution < 1.29 is 27.1 Å². The second-order valence-electron chi connectivity index (χ2n) is 9.61. The molecular formula is C27H27ClF4N6O2. The number of nitrogen functional groups attached to an aromatic ring is 1. The quantitative estimate of drug-likeness (QED) is 0.251. The number of benzene rings is 1. The van der Waals surface area contributed by atoms with Gasteiger partial charge in [-0.15, -0.1) is 0 Å². The molecule has 0 aliphatic heterocycles. The molecule has 0 bridgehead atoms. The van der Waals surface area contributed by atoms with Gasteiger partial charge in [-0.05, 0) is 51.5 Å². The predicted octanol–water partition coefficient (Wildman–Crippen LogP) is 6.26. The fourth-order valence-electron chi connectivity index (χ4n) is 4.45. The van der Waals surface area contributed by atoms with Gasteiger partial charge in [0.25, 0.3) is 5.91 Å². The van der Waals surface area contributed by atoms with Gasteiger partial charge in [-0.1, -0.05) is 18.5 Å². The van der Waals surface area contributed by atoms with Gasteiger partial charge in [-0.2, -0.15) is 13.2 Å². The van der Waals surface area contributed by atoms with E-state index in [1.54, 1.807) is 38.3 Å². The van der Waals surface area contributed by atoms with Crippen molar-refractivity contribution >= 4 is 28.8 Å². The molecule has 3 heterocycles. The molecule has 3 N–H and O–H groups in total. The maximum atomic E-state index is 15.5. The lowest BCUT2D eigenvalue weighted by atomic mass is 9.95. The van der Waals surface area contributed by atoms with Crippen molar-refractivity contribution in [1.82, 2.24) is 24.7 Å². The number of aryl methyl sites for hydroxylation is 1. The summed E-state index contributed by atoms with van der Waals surface area (Å²) in [7, 11) is 0. The van der Waals surface area contributed by atoms with Crippen molar-refractivity contribution in [3.05, 3.63) is 81.5 Å². The van der Waals surface area contributed by atoms with E-state index in [0.717, 1.165) is 12.3 Å². The zero-order chi connectivity index (χ0) is 29.5. The third kappa shape index (κ3) is 5.53. The fraction of sp³-hybridized carbons (Fsp3) is 0.333. The topological polar surface area (TPSA) is 107 Å². The Morgan fingerprint density at radius 3 is 2.50 bits per heavy atom. The average Bonchev–Trinajstić information content (AvgIpc) is 3.22. The van der Waals surface area contributed by atoms with Crippen LogP contribution in [0.25, 0.3) is 5.52 Å². The van der Waals surface area contributed by atoms with E-state index in [1.165, 1.54) is 25.3 Å². The first-order chi connectivity index (χ1) is 18.7. The van der Waals surface area contributed by atoms with E-state index < -0.39 is 47.2 Å². The van der Waals surface area contributed by atoms with Crippen LogP contribution in [0.3, 0.4) is 0 Å². The Kier molecular flexibility index (Phi) is 7.93. The highest BCUT2D eigenvalue weighted by atomic mass is 35.5. The van der Waals surface area contributed by atoms with E-state index >= 15 is 4.39 Å². The summed E-state index contributed by atoms with van der Waals surface area (Å²) in [5.41, 5.74) is 6.20. The first-order valence-corrected chi connectivity index (χ1v) is 12.7. The summed E-state index contributed by atoms with van der Waals surface area (Å²) >= 11 is 6.28. The Balaban J connectivity index is 1.80. The molecule has 0 saturated heterocycles. The normalized spacial score (nSPS) is 13.5. The molecule has 0 spiro atoms. The van der Waals surface area contributed by atoms with Gasteiger partial charge in [0, 0.05) is 30.1 Å². The first kappa shape index (κ1) is 29.1. The van der Waals surface area contributed by atoms with E-state index in [-0.39, 0.29) is 22.2 Å². The number of carbonyl (C=O) groups is 1. The van der Waals surface area contributed by atoms with Gasteiger partial charge in [0.15, 0.2) is 5.82 Å². The number of hydrogen-bond donors (Lipinski definition) is 2. The van der Waals surface area contributed by atoms with Crippen LogP contribution >= 0.6 is 11.6 Å². The minimum absolute atomic E-state index is 0.0590. The summed E-state index contributed by atoms with van der Waals surface area (Å²) in [6, 6.07) is 2.60. The number of imidazole rings is 1. The van der Waals surface area contributed by atoms with Gasteiger partial charge >= 0.3 is 6.18 Å². The number of ether oxygens (including phenoxy) is 1. The van der Waals surface area contributed by atoms with Crippen molar-refractivity contribution in [2.75, 3.05) is 5.73 Å². The zero-order valence-electron chi connectivity index (χ0n) is 22.3. The summed E-state index contributed by atoms with van der Waals surface area (Å²) in [6.07, 6.45) is -0.939. The van der Waals surface area contributed by atoms with Crippen molar-refractivity contribution in [3.8, 4) is 5.75 Å². The predicted molar refractivity (Wildman–Crippen MR) is 142 cm³/mol. The highest BCUT2D eigenvalue weighted by Crippen LogP contribution is 2.40. The highest BCUT2D eigenvalue weighted by Gasteiger charge is 2.34. The molecule has 4 rings (SSSR count). The number of nitrogens with two attached hydrogens (primary N) is 1. The number of carbonyl (C=O) groups excluding carboxylic acids is 1. The Morgan fingerprint density at radius 2 is 1.85 bits per heavy atom. The SMILES string of the molecule is Cc1nc([C@@H](C)c2cc(Cl)c(F)c(C(=O)N[C@H](C)c3ccnc(C(F)(F)F)c3)c2OC(C)C)n2ccnc(N)c12. The van der Waals surface area contributed by atoms with Crippen LogP contribution in [0, 0.1) is 12.7 Å². The summed E-state index contributed by atoms with van der Waals surface area (Å²) < 4.78 is 62.7. The number of pyridine rings is 1. The maximum absolute atomic E-state index is 15.5. The number of nitrogens with one attached hydrogen (secondary N) is 1. The minimum Gasteiger partial charge on any atom is -0.490 e. The molecule has 8 nitrogen and oxygen atoms in total. The Labute approximate surface area is 232 Å². The van der Waals surface area contributed by atoms with Gasteiger partial charge in [-0.25, -0.2) is 14.4 Å². The molecule has 212 valence electrons. The summed E-state index contributed by atoms with van der Waals surface area (Å²) in [5.74, 6) is -1.76. The van der Waals surface area contributed by atoms with Gasteiger partial charge in [-0.3, -0.25) is 14.2 Å². The molecule has 0 saturated carbocycles. The molecule has 0 aliphatic rings. The van der Waals surface area contributed by atoms with Gasteiger partial charge in [0.1, 0.15) is 34.2 Å². The smallest absolute Gasteiger partial charge is 0.433 e. The van der Waals surface area contributed by atoms with Crippen molar-refractivity contribution in [2.45, 2.75) is 58.9 Å². The standard InChI is InChI=1S/C27H27ClF4N6O2/c1-12(2)40-23-17(13(3)25-36-15(5)22-24(33)35-8-9-38(22)25)11-18(28)21(29)20(23)26(39)37-14(4)16-6-7-34-19(10-16)27(30,31)32/h6-14H,1-5H3,(H2,33,35)(H,37,39)/t13-,14+/m0/s1. The number of amides is 1. The lowest BCUT2D eigenvalue weighted by Gasteiger charge is -2.23. The molecule has 0 unspecified atom stereocenters. The number of anilines is 1. The van der Waals surface area contributed by atoms with E-state index in [4.69, 9.17) is 22.1 Å². The van der Waals surface area contributed by atoms with Crippen LogP contribution in [0.1, 0.15) is 78.4 Å². The molecule has 2 atom stereocenters. The maximum Gasteiger partial charge on any atom is 0.433 e. The zero-order valence-corrected chi connectivity index (χ0v) is 23.0. The Hall–Kier alpha value is -3.93. The first-order valence-electron chi connectivity index (χ1n) is 12.3. The fourth-order valence-corrected chi connectivity index (χ4v) is 4.66. The van der Waals surface area contributed by atoms with Crippen LogP contribution in [0.5, 0.6) is 5.75 Å². The lowest BCUT2D eigenvalue weighted by Crippen LogP contribution is -2.29. The van der Waals surface area contributed by atoms with E-state index in [0.29, 0.717) is 22.6 Å². The molecule has 0 aliphatic carbocycles. The van der Waals surface area contributed by atoms with Crippen LogP contribution < -0.4 is 15.8 Å². The average molecular weight is 579 g/mol. The number of nitrogens with zero attached hydrogens (tertiary/aromatic N) is 4. The van der Waals surface area contributed by atoms with Crippen molar-refractivity contribution in [1.29, 1.82) is 0 Å². The number of aromatic nitrogens is 4. The largest absolute Gasteiger partial charge is 0.490 e. The van der Waals surface area contributed by atoms with Crippen LogP contribution in [0.4, 0.5) is 23.4 Å². The van der Waals surface area contributed by atoms with Gasteiger partial charge < -0.3 is 15.8 Å². The third-order valence-electron chi connectivity index (χ3n) is 6.34. The minimum atomic E-state index is -4.67. The van der Waals surface area contributed by atoms with Crippen LogP contribution in [-0.4, -0.2) is 31.4 Å². The summed E-state index contributed by atoms with van der Waals surface area (Å²) in [4.78, 5) is 25.6. The van der Waals surface area contributed by atoms with Crippen LogP contribution in [-0.2, 0) is 6.18 Å². The molecular weight excluding hydrogens is 552 g/mol. The van der Waals surface area contributed by atoms with E-state index in [2.05, 4.69) is 20.3 Å². The lowest BCUT2D eigenvalue weighted by molar-refractivity contribution is -0.141. The number of halogens is 5. The number of fused-ring (bicyclic) bond motifs is 1. The molecule has 1 aromatic carbocycles. The molecule has 40 heavy (non-hydrogen) atoms. The third-order valence-corrected chi connectivity index (χ3v) is 6.62. The monoisotopic (exact) mass is 578 g/mol. The number of hydrogen-bond acceptors (Lipinski definition) is 6. The highest BCUT2D eigenvalue weighted by molar-refractivity contribution is 6.31. The Morgan fingerprint density at radius 1 is 1.15 bits per heavy atom. The summed E-state index contributed by atoms with van der Waals surface area (Å²) in [6.45, 7) is 8.46. The molecule has 3 aromatic heterocycles. The molecule has 0 fully saturated rings. The van der Waals surface area contributed by atoms with Crippen molar-refractivity contribution in [2.24, 2.45) is 0 Å². The van der Waals surface area contributed by atoms with E-state index in [1.807, 2.05) is 0 Å². The molecule has 13 heteroatoms. The van der Waals surface area contributed by atoms with Crippen molar-refractivity contribution in [3.63, 3.8) is 0 Å². The van der Waals surface area contributed by atoms with Gasteiger partial charge in [0.05, 0.1) is 22.9 Å². The molecule has 4 aromatic rings. The Bertz CT molecular complexity index is 1590. The number of rotatable bonds is 7. The second kappa shape index (κ2) is 10.9. The van der Waals surface area contributed by atoms with Crippen LogP contribution in [0.2, 0.25) is 5.02 Å². The molecule has 0 radical (unpaired) electrons. The van der Waals surface area contributed by atoms with Crippen LogP contribution in [0.15, 0.2) is 36.8 Å². The molecule has 1 amide bonds. The summed E-state index contributed by atoms with van der Waals surface area (Å²) in [5, 5.41) is 2.23. The second-order valence-corrected chi connectivity index (χ2v) is 10.0.